The molecule has 1 amide bonds. The zero-order chi connectivity index (χ0) is 19.5. The van der Waals surface area contributed by atoms with Crippen molar-refractivity contribution in [3.05, 3.63) is 41.3 Å². The molecular formula is C20H25N5O3. The third-order valence-corrected chi connectivity index (χ3v) is 5.09. The smallest absolute Gasteiger partial charge is 0.270 e. The van der Waals surface area contributed by atoms with Crippen LogP contribution in [0.5, 0.6) is 11.5 Å². The number of nitrogens with one attached hydrogen (secondary N) is 1. The third kappa shape index (κ3) is 4.01. The molecule has 0 spiro atoms. The Morgan fingerprint density at radius 2 is 1.89 bits per heavy atom. The summed E-state index contributed by atoms with van der Waals surface area (Å²) in [6.45, 7) is 9.50. The normalized spacial score (nSPS) is 16.3. The number of carbonyl (C=O) groups is 1. The summed E-state index contributed by atoms with van der Waals surface area (Å²) in [7, 11) is 0. The molecule has 0 bridgehead atoms. The van der Waals surface area contributed by atoms with Crippen LogP contribution in [0.1, 0.15) is 28.8 Å². The summed E-state index contributed by atoms with van der Waals surface area (Å²) in [6, 6.07) is 7.43. The zero-order valence-corrected chi connectivity index (χ0v) is 16.3. The second kappa shape index (κ2) is 8.02. The van der Waals surface area contributed by atoms with Gasteiger partial charge in [-0.3, -0.25) is 4.79 Å². The largest absolute Gasteiger partial charge is 0.454 e. The molecular weight excluding hydrogens is 358 g/mol. The number of hydrogen-bond acceptors (Lipinski definition) is 7. The van der Waals surface area contributed by atoms with Crippen LogP contribution in [0.15, 0.2) is 24.3 Å². The summed E-state index contributed by atoms with van der Waals surface area (Å²) in [4.78, 5) is 26.1. The minimum atomic E-state index is -0.211. The lowest BCUT2D eigenvalue weighted by Gasteiger charge is -2.34. The Kier molecular flexibility index (Phi) is 5.29. The Labute approximate surface area is 164 Å². The number of hydrogen-bond donors (Lipinski definition) is 1. The van der Waals surface area contributed by atoms with E-state index in [1.165, 1.54) is 0 Å². The highest BCUT2D eigenvalue weighted by Crippen LogP contribution is 2.32. The van der Waals surface area contributed by atoms with E-state index in [2.05, 4.69) is 32.0 Å². The Bertz CT molecular complexity index is 865. The number of amides is 1. The highest BCUT2D eigenvalue weighted by molar-refractivity contribution is 5.92. The number of aromatic nitrogens is 2. The Morgan fingerprint density at radius 1 is 1.11 bits per heavy atom. The molecule has 0 saturated carbocycles. The van der Waals surface area contributed by atoms with Gasteiger partial charge in [0.15, 0.2) is 11.5 Å². The first kappa shape index (κ1) is 18.5. The molecule has 1 aromatic heterocycles. The molecule has 8 nitrogen and oxygen atoms in total. The van der Waals surface area contributed by atoms with E-state index in [4.69, 9.17) is 9.47 Å². The summed E-state index contributed by atoms with van der Waals surface area (Å²) < 4.78 is 10.7. The summed E-state index contributed by atoms with van der Waals surface area (Å²) in [6.07, 6.45) is 0. The van der Waals surface area contributed by atoms with E-state index in [1.807, 2.05) is 25.1 Å². The molecule has 1 saturated heterocycles. The van der Waals surface area contributed by atoms with Crippen molar-refractivity contribution >= 4 is 11.7 Å². The minimum Gasteiger partial charge on any atom is -0.454 e. The van der Waals surface area contributed by atoms with Crippen molar-refractivity contribution in [1.29, 1.82) is 0 Å². The van der Waals surface area contributed by atoms with Crippen LogP contribution in [0.25, 0.3) is 0 Å². The van der Waals surface area contributed by atoms with Gasteiger partial charge < -0.3 is 24.6 Å². The van der Waals surface area contributed by atoms with Crippen LogP contribution >= 0.6 is 0 Å². The monoisotopic (exact) mass is 383 g/mol. The van der Waals surface area contributed by atoms with E-state index < -0.39 is 0 Å². The molecule has 28 heavy (non-hydrogen) atoms. The number of ether oxygens (including phenoxy) is 2. The maximum absolute atomic E-state index is 12.7. The molecule has 8 heteroatoms. The molecule has 0 aliphatic carbocycles. The molecule has 148 valence electrons. The molecule has 1 aromatic carbocycles. The summed E-state index contributed by atoms with van der Waals surface area (Å²) in [5.74, 6) is 2.64. The molecule has 2 aliphatic rings. The highest BCUT2D eigenvalue weighted by Gasteiger charge is 2.19. The first-order chi connectivity index (χ1) is 13.6. The van der Waals surface area contributed by atoms with E-state index in [0.717, 1.165) is 49.9 Å². The van der Waals surface area contributed by atoms with Gasteiger partial charge in [-0.05, 0) is 31.2 Å². The maximum atomic E-state index is 12.7. The number of fused-ring (bicyclic) bond motifs is 1. The van der Waals surface area contributed by atoms with Gasteiger partial charge in [-0.2, -0.15) is 0 Å². The average Bonchev–Trinajstić information content (AvgIpc) is 3.19. The van der Waals surface area contributed by atoms with Crippen molar-refractivity contribution in [2.24, 2.45) is 0 Å². The molecule has 1 fully saturated rings. The van der Waals surface area contributed by atoms with E-state index >= 15 is 0 Å². The van der Waals surface area contributed by atoms with Crippen molar-refractivity contribution in [2.75, 3.05) is 44.4 Å². The molecule has 3 heterocycles. The lowest BCUT2D eigenvalue weighted by Crippen LogP contribution is -2.46. The first-order valence-electron chi connectivity index (χ1n) is 9.62. The molecule has 0 unspecified atom stereocenters. The van der Waals surface area contributed by atoms with Gasteiger partial charge in [-0.1, -0.05) is 13.0 Å². The van der Waals surface area contributed by atoms with Gasteiger partial charge in [0.25, 0.3) is 5.91 Å². The van der Waals surface area contributed by atoms with Crippen LogP contribution in [-0.2, 0) is 6.54 Å². The van der Waals surface area contributed by atoms with Crippen molar-refractivity contribution in [2.45, 2.75) is 20.4 Å². The molecule has 4 rings (SSSR count). The molecule has 2 aromatic rings. The number of rotatable bonds is 5. The van der Waals surface area contributed by atoms with Gasteiger partial charge in [0.05, 0.1) is 0 Å². The van der Waals surface area contributed by atoms with Crippen molar-refractivity contribution in [3.8, 4) is 11.5 Å². The number of carbonyl (C=O) groups excluding carboxylic acids is 1. The number of nitrogens with zero attached hydrogens (tertiary/aromatic N) is 4. The minimum absolute atomic E-state index is 0.211. The first-order valence-corrected chi connectivity index (χ1v) is 9.62. The van der Waals surface area contributed by atoms with Gasteiger partial charge in [0.2, 0.25) is 6.79 Å². The number of piperazine rings is 1. The van der Waals surface area contributed by atoms with Crippen LogP contribution < -0.4 is 19.7 Å². The molecule has 2 aliphatic heterocycles. The predicted molar refractivity (Wildman–Crippen MR) is 105 cm³/mol. The average molecular weight is 383 g/mol. The maximum Gasteiger partial charge on any atom is 0.270 e. The van der Waals surface area contributed by atoms with Crippen molar-refractivity contribution in [1.82, 2.24) is 20.2 Å². The molecule has 1 N–H and O–H groups in total. The van der Waals surface area contributed by atoms with Gasteiger partial charge in [0.1, 0.15) is 17.3 Å². The van der Waals surface area contributed by atoms with Crippen LogP contribution in [0.4, 0.5) is 5.82 Å². The standard InChI is InChI=1S/C20H25N5O3/c1-3-24-6-8-25(9-7-24)19-11-16(22-14(2)23-19)20(26)21-12-15-4-5-17-18(10-15)28-13-27-17/h4-5,10-11H,3,6-9,12-13H2,1-2H3,(H,21,26). The second-order valence-electron chi connectivity index (χ2n) is 6.95. The van der Waals surface area contributed by atoms with Gasteiger partial charge in [-0.25, -0.2) is 9.97 Å². The quantitative estimate of drug-likeness (QED) is 0.840. The fourth-order valence-electron chi connectivity index (χ4n) is 3.45. The number of benzene rings is 1. The predicted octanol–water partition coefficient (Wildman–Crippen LogP) is 1.59. The molecule has 0 radical (unpaired) electrons. The van der Waals surface area contributed by atoms with E-state index in [9.17, 15) is 4.79 Å². The van der Waals surface area contributed by atoms with Crippen molar-refractivity contribution in [3.63, 3.8) is 0 Å². The van der Waals surface area contributed by atoms with E-state index in [-0.39, 0.29) is 12.7 Å². The van der Waals surface area contributed by atoms with Gasteiger partial charge in [-0.15, -0.1) is 0 Å². The van der Waals surface area contributed by atoms with Crippen LogP contribution in [0, 0.1) is 6.92 Å². The summed E-state index contributed by atoms with van der Waals surface area (Å²) in [5, 5.41) is 2.93. The number of likely N-dealkylation sites (N-methyl/N-ethyl adjacent to an activating group) is 1. The summed E-state index contributed by atoms with van der Waals surface area (Å²) >= 11 is 0. The highest BCUT2D eigenvalue weighted by atomic mass is 16.7. The van der Waals surface area contributed by atoms with Gasteiger partial charge in [0, 0.05) is 38.8 Å². The van der Waals surface area contributed by atoms with Crippen LogP contribution in [-0.4, -0.2) is 60.3 Å². The van der Waals surface area contributed by atoms with Crippen LogP contribution in [0.3, 0.4) is 0 Å². The van der Waals surface area contributed by atoms with Crippen LogP contribution in [0.2, 0.25) is 0 Å². The van der Waals surface area contributed by atoms with E-state index in [1.54, 1.807) is 6.07 Å². The fourth-order valence-corrected chi connectivity index (χ4v) is 3.45. The Hall–Kier alpha value is -2.87. The lowest BCUT2D eigenvalue weighted by molar-refractivity contribution is 0.0945. The van der Waals surface area contributed by atoms with Crippen molar-refractivity contribution < 1.29 is 14.3 Å². The zero-order valence-electron chi connectivity index (χ0n) is 16.3. The molecule has 0 atom stereocenters. The Morgan fingerprint density at radius 3 is 2.68 bits per heavy atom. The number of aryl methyl sites for hydroxylation is 1. The Balaban J connectivity index is 1.42. The van der Waals surface area contributed by atoms with Gasteiger partial charge >= 0.3 is 0 Å². The topological polar surface area (TPSA) is 79.8 Å². The number of anilines is 1. The lowest BCUT2D eigenvalue weighted by atomic mass is 10.2. The third-order valence-electron chi connectivity index (χ3n) is 5.09. The SMILES string of the molecule is CCN1CCN(c2cc(C(=O)NCc3ccc4c(c3)OCO4)nc(C)n2)CC1. The van der Waals surface area contributed by atoms with E-state index in [0.29, 0.717) is 23.8 Å². The fraction of sp³-hybridized carbons (Fsp3) is 0.450. The second-order valence-corrected chi connectivity index (χ2v) is 6.95. The summed E-state index contributed by atoms with van der Waals surface area (Å²) in [5.41, 5.74) is 1.33.